The third kappa shape index (κ3) is 13.1. The molecule has 0 aliphatic carbocycles. The lowest BCUT2D eigenvalue weighted by molar-refractivity contribution is -0.114. The zero-order valence-electron chi connectivity index (χ0n) is 38.8. The third-order valence-electron chi connectivity index (χ3n) is 9.79. The molecule has 0 bridgehead atoms. The zero-order valence-corrected chi connectivity index (χ0v) is 40.3. The standard InChI is InChI=1S/C26H26ClN5O4.C24H23ClN6O3/c1-14(2)35-25(33)29-18-7-5-16(6-8-18)17-11-22-24(28-13-17)32-23(31-22)20-12-19(9-10-21(20)27)30-26(34)36-15(3)4;1-13(2)34-24(33)29-17-7-8-19(25)18(10-17)22-30-20-9-15(12-27-23(20)31-22)14-3-5-16(6-4-14)28-21(32)11-26/h5-15H,1-4H3,(H,29,33)(H,30,34)(H,28,31,32);3-10,12-13H,11,26H2,1-2H3,(H,28,32)(H,29,33)(H,27,30,31). The first-order valence-electron chi connectivity index (χ1n) is 21.9. The summed E-state index contributed by atoms with van der Waals surface area (Å²) in [6, 6.07) is 28.8. The van der Waals surface area contributed by atoms with Crippen molar-refractivity contribution in [1.29, 1.82) is 0 Å². The highest BCUT2D eigenvalue weighted by Crippen LogP contribution is 2.33. The van der Waals surface area contributed by atoms with Crippen LogP contribution in [0.2, 0.25) is 10.0 Å². The molecule has 360 valence electrons. The van der Waals surface area contributed by atoms with E-state index in [1.165, 1.54) is 0 Å². The van der Waals surface area contributed by atoms with Gasteiger partial charge in [-0.15, -0.1) is 0 Å². The largest absolute Gasteiger partial charge is 0.447 e. The molecule has 18 nitrogen and oxygen atoms in total. The minimum atomic E-state index is -0.549. The number of carbonyl (C=O) groups excluding carboxylic acids is 4. The number of nitrogens with two attached hydrogens (primary N) is 1. The van der Waals surface area contributed by atoms with E-state index in [1.54, 1.807) is 115 Å². The van der Waals surface area contributed by atoms with Gasteiger partial charge in [-0.05, 0) is 125 Å². The van der Waals surface area contributed by atoms with Crippen molar-refractivity contribution in [1.82, 2.24) is 29.9 Å². The minimum absolute atomic E-state index is 0.0739. The maximum absolute atomic E-state index is 12.0. The monoisotopic (exact) mass is 985 g/mol. The highest BCUT2D eigenvalue weighted by molar-refractivity contribution is 6.33. The van der Waals surface area contributed by atoms with E-state index in [-0.39, 0.29) is 30.8 Å². The molecule has 0 aliphatic rings. The highest BCUT2D eigenvalue weighted by atomic mass is 35.5. The molecule has 4 aromatic carbocycles. The number of fused-ring (bicyclic) bond motifs is 2. The molecule has 0 atom stereocenters. The van der Waals surface area contributed by atoms with E-state index in [1.807, 2.05) is 36.4 Å². The summed E-state index contributed by atoms with van der Waals surface area (Å²) in [7, 11) is 0. The predicted octanol–water partition coefficient (Wildman–Crippen LogP) is 11.7. The molecule has 0 aliphatic heterocycles. The number of nitrogens with one attached hydrogen (secondary N) is 6. The summed E-state index contributed by atoms with van der Waals surface area (Å²) in [6.07, 6.45) is 1.19. The molecular weight excluding hydrogens is 938 g/mol. The van der Waals surface area contributed by atoms with Crippen LogP contribution in [0.1, 0.15) is 41.5 Å². The molecule has 8 aromatic rings. The molecule has 4 heterocycles. The number of H-pyrrole nitrogens is 2. The van der Waals surface area contributed by atoms with Crippen molar-refractivity contribution in [3.63, 3.8) is 0 Å². The second-order valence-corrected chi connectivity index (χ2v) is 17.2. The number of halogens is 2. The quantitative estimate of drug-likeness (QED) is 0.0564. The van der Waals surface area contributed by atoms with Crippen LogP contribution in [-0.4, -0.2) is 78.9 Å². The maximum atomic E-state index is 12.0. The van der Waals surface area contributed by atoms with Gasteiger partial charge in [-0.25, -0.2) is 34.3 Å². The van der Waals surface area contributed by atoms with Gasteiger partial charge in [0.15, 0.2) is 11.3 Å². The van der Waals surface area contributed by atoms with Gasteiger partial charge in [-0.3, -0.25) is 20.7 Å². The van der Waals surface area contributed by atoms with Crippen LogP contribution in [0.25, 0.3) is 67.4 Å². The van der Waals surface area contributed by atoms with Gasteiger partial charge in [-0.1, -0.05) is 47.5 Å². The first-order chi connectivity index (χ1) is 33.5. The van der Waals surface area contributed by atoms with Crippen LogP contribution in [0.4, 0.5) is 37.1 Å². The average molecular weight is 987 g/mol. The lowest BCUT2D eigenvalue weighted by Crippen LogP contribution is -2.21. The summed E-state index contributed by atoms with van der Waals surface area (Å²) < 4.78 is 15.4. The van der Waals surface area contributed by atoms with E-state index in [0.29, 0.717) is 66.9 Å². The number of aromatic nitrogens is 6. The van der Waals surface area contributed by atoms with Crippen molar-refractivity contribution in [3.05, 3.63) is 120 Å². The first-order valence-corrected chi connectivity index (χ1v) is 22.7. The van der Waals surface area contributed by atoms with Gasteiger partial charge < -0.3 is 35.2 Å². The molecule has 0 radical (unpaired) electrons. The summed E-state index contributed by atoms with van der Waals surface area (Å²) in [5.41, 5.74) is 15.0. The van der Waals surface area contributed by atoms with Gasteiger partial charge in [0.1, 0.15) is 11.6 Å². The fourth-order valence-corrected chi connectivity index (χ4v) is 7.14. The Morgan fingerprint density at radius 3 is 1.24 bits per heavy atom. The van der Waals surface area contributed by atoms with Crippen LogP contribution in [0.3, 0.4) is 0 Å². The number of anilines is 4. The highest BCUT2D eigenvalue weighted by Gasteiger charge is 2.16. The van der Waals surface area contributed by atoms with Gasteiger partial charge in [0.2, 0.25) is 5.91 Å². The van der Waals surface area contributed by atoms with Gasteiger partial charge in [0, 0.05) is 57.4 Å². The lowest BCUT2D eigenvalue weighted by Gasteiger charge is -2.10. The Hall–Kier alpha value is -8.06. The molecular formula is C50H49Cl2N11O7. The Labute approximate surface area is 412 Å². The summed E-state index contributed by atoms with van der Waals surface area (Å²) in [5, 5.41) is 11.7. The number of carbonyl (C=O) groups is 4. The fourth-order valence-electron chi connectivity index (χ4n) is 6.73. The molecule has 4 aromatic heterocycles. The number of pyridine rings is 2. The second-order valence-electron chi connectivity index (χ2n) is 16.4. The second kappa shape index (κ2) is 22.4. The Kier molecular flexibility index (Phi) is 15.9. The number of ether oxygens (including phenoxy) is 3. The van der Waals surface area contributed by atoms with Gasteiger partial charge in [0.05, 0.1) is 45.9 Å². The van der Waals surface area contributed by atoms with Gasteiger partial charge in [-0.2, -0.15) is 0 Å². The molecule has 0 fully saturated rings. The molecule has 20 heteroatoms. The van der Waals surface area contributed by atoms with Crippen molar-refractivity contribution in [3.8, 4) is 45.0 Å². The number of aromatic amines is 2. The zero-order chi connectivity index (χ0) is 50.1. The van der Waals surface area contributed by atoms with Crippen molar-refractivity contribution < 1.29 is 33.4 Å². The maximum Gasteiger partial charge on any atom is 0.411 e. The smallest absolute Gasteiger partial charge is 0.411 e. The number of hydrogen-bond donors (Lipinski definition) is 7. The van der Waals surface area contributed by atoms with E-state index < -0.39 is 18.3 Å². The number of benzene rings is 4. The Morgan fingerprint density at radius 1 is 0.514 bits per heavy atom. The van der Waals surface area contributed by atoms with E-state index in [2.05, 4.69) is 51.2 Å². The normalized spacial score (nSPS) is 11.0. The molecule has 8 N–H and O–H groups in total. The van der Waals surface area contributed by atoms with E-state index in [0.717, 1.165) is 33.3 Å². The van der Waals surface area contributed by atoms with Crippen LogP contribution < -0.4 is 27.0 Å². The number of amides is 4. The van der Waals surface area contributed by atoms with Gasteiger partial charge in [0.25, 0.3) is 0 Å². The summed E-state index contributed by atoms with van der Waals surface area (Å²) >= 11 is 12.8. The molecule has 8 rings (SSSR count). The molecule has 0 spiro atoms. The average Bonchev–Trinajstić information content (AvgIpc) is 3.94. The predicted molar refractivity (Wildman–Crippen MR) is 273 cm³/mol. The molecule has 0 unspecified atom stereocenters. The van der Waals surface area contributed by atoms with E-state index in [9.17, 15) is 19.2 Å². The summed E-state index contributed by atoms with van der Waals surface area (Å²) in [4.78, 5) is 71.7. The van der Waals surface area contributed by atoms with Crippen molar-refractivity contribution in [2.45, 2.75) is 59.9 Å². The van der Waals surface area contributed by atoms with Crippen molar-refractivity contribution in [2.24, 2.45) is 5.73 Å². The topological polar surface area (TPSA) is 253 Å². The minimum Gasteiger partial charge on any atom is -0.447 e. The first kappa shape index (κ1) is 49.8. The Bertz CT molecular complexity index is 3170. The molecule has 70 heavy (non-hydrogen) atoms. The van der Waals surface area contributed by atoms with Crippen LogP contribution in [0.5, 0.6) is 0 Å². The van der Waals surface area contributed by atoms with Crippen LogP contribution >= 0.6 is 23.2 Å². The van der Waals surface area contributed by atoms with Crippen molar-refractivity contribution >= 4 is 92.5 Å². The van der Waals surface area contributed by atoms with Gasteiger partial charge >= 0.3 is 18.3 Å². The molecule has 0 saturated heterocycles. The molecule has 0 saturated carbocycles. The lowest BCUT2D eigenvalue weighted by atomic mass is 10.1. The summed E-state index contributed by atoms with van der Waals surface area (Å²) in [6.45, 7) is 10.6. The number of hydrogen-bond acceptors (Lipinski definition) is 12. The SMILES string of the molecule is CC(C)OC(=O)Nc1ccc(-c2cnc3nc(-c4cc(NC(=O)OC(C)C)ccc4Cl)[nH]c3c2)cc1.CC(C)OC(=O)Nc1ccc(Cl)c(-c2nc3ncc(-c4ccc(NC(=O)CN)cc4)cc3[nH]2)c1. The van der Waals surface area contributed by atoms with Crippen LogP contribution in [0.15, 0.2) is 109 Å². The number of imidazole rings is 2. The van der Waals surface area contributed by atoms with Crippen LogP contribution in [0, 0.1) is 0 Å². The van der Waals surface area contributed by atoms with Crippen molar-refractivity contribution in [2.75, 3.05) is 27.8 Å². The van der Waals surface area contributed by atoms with E-state index in [4.69, 9.17) is 43.1 Å². The molecule has 4 amide bonds. The fraction of sp³-hybridized carbons (Fsp3) is 0.200. The number of rotatable bonds is 12. The Morgan fingerprint density at radius 2 is 0.871 bits per heavy atom. The van der Waals surface area contributed by atoms with E-state index >= 15 is 0 Å². The summed E-state index contributed by atoms with van der Waals surface area (Å²) in [5.74, 6) is 0.782. The Balaban J connectivity index is 0.000000207. The van der Waals surface area contributed by atoms with Crippen LogP contribution in [-0.2, 0) is 19.0 Å². The number of nitrogens with zero attached hydrogens (tertiary/aromatic N) is 4. The third-order valence-corrected chi connectivity index (χ3v) is 10.5.